The Morgan fingerprint density at radius 3 is 2.81 bits per heavy atom. The molecule has 0 aromatic heterocycles. The third-order valence-electron chi connectivity index (χ3n) is 3.54. The molecule has 2 heteroatoms. The topological polar surface area (TPSA) is 29.3 Å². The Morgan fingerprint density at radius 2 is 2.19 bits per heavy atom. The summed E-state index contributed by atoms with van der Waals surface area (Å²) in [4.78, 5) is 2.48. The predicted molar refractivity (Wildman–Crippen MR) is 69.7 cm³/mol. The van der Waals surface area contributed by atoms with Crippen LogP contribution in [0.3, 0.4) is 0 Å². The van der Waals surface area contributed by atoms with E-state index in [-0.39, 0.29) is 6.04 Å². The van der Waals surface area contributed by atoms with Crippen LogP contribution in [0.25, 0.3) is 0 Å². The minimum atomic E-state index is 0.173. The van der Waals surface area contributed by atoms with Crippen molar-refractivity contribution in [3.63, 3.8) is 0 Å². The first-order valence-electron chi connectivity index (χ1n) is 6.31. The van der Waals surface area contributed by atoms with Crippen LogP contribution < -0.4 is 10.6 Å². The molecule has 1 aliphatic heterocycles. The second-order valence-electron chi connectivity index (χ2n) is 4.91. The van der Waals surface area contributed by atoms with E-state index in [9.17, 15) is 0 Å². The van der Waals surface area contributed by atoms with Crippen LogP contribution in [0.5, 0.6) is 0 Å². The molecule has 0 aliphatic carbocycles. The van der Waals surface area contributed by atoms with Crippen LogP contribution in [-0.4, -0.2) is 13.1 Å². The third kappa shape index (κ3) is 2.22. The van der Waals surface area contributed by atoms with Crippen LogP contribution in [0.4, 0.5) is 5.69 Å². The lowest BCUT2D eigenvalue weighted by Crippen LogP contribution is -2.22. The molecule has 2 N–H and O–H groups in total. The molecule has 1 fully saturated rings. The highest BCUT2D eigenvalue weighted by Crippen LogP contribution is 2.30. The predicted octanol–water partition coefficient (Wildman–Crippen LogP) is 2.94. The molecule has 0 amide bonds. The molecule has 1 heterocycles. The molecule has 2 atom stereocenters. The van der Waals surface area contributed by atoms with Gasteiger partial charge in [0, 0.05) is 24.8 Å². The van der Waals surface area contributed by atoms with Gasteiger partial charge in [-0.2, -0.15) is 0 Å². The van der Waals surface area contributed by atoms with Gasteiger partial charge in [0.1, 0.15) is 0 Å². The van der Waals surface area contributed by atoms with Crippen LogP contribution >= 0.6 is 0 Å². The lowest BCUT2D eigenvalue weighted by atomic mass is 10.0. The van der Waals surface area contributed by atoms with E-state index in [0.717, 1.165) is 12.3 Å². The molecule has 1 unspecified atom stereocenters. The van der Waals surface area contributed by atoms with E-state index in [4.69, 9.17) is 5.73 Å². The zero-order valence-electron chi connectivity index (χ0n) is 10.3. The molecule has 2 nitrogen and oxygen atoms in total. The highest BCUT2D eigenvalue weighted by molar-refractivity contribution is 5.55. The molecule has 0 bridgehead atoms. The number of para-hydroxylation sites is 1. The highest BCUT2D eigenvalue weighted by Gasteiger charge is 2.21. The van der Waals surface area contributed by atoms with Crippen molar-refractivity contribution >= 4 is 5.69 Å². The number of nitrogens with two attached hydrogens (primary N) is 1. The summed E-state index contributed by atoms with van der Waals surface area (Å²) >= 11 is 0. The molecule has 1 saturated heterocycles. The largest absolute Gasteiger partial charge is 0.371 e. The fourth-order valence-electron chi connectivity index (χ4n) is 2.46. The van der Waals surface area contributed by atoms with Gasteiger partial charge in [0.25, 0.3) is 0 Å². The van der Waals surface area contributed by atoms with Gasteiger partial charge in [-0.3, -0.25) is 0 Å². The number of benzene rings is 1. The lowest BCUT2D eigenvalue weighted by Gasteiger charge is -2.24. The second-order valence-corrected chi connectivity index (χ2v) is 4.91. The molecule has 0 radical (unpaired) electrons. The van der Waals surface area contributed by atoms with Crippen LogP contribution in [0, 0.1) is 5.92 Å². The molecule has 1 aromatic rings. The summed E-state index contributed by atoms with van der Waals surface area (Å²) < 4.78 is 0. The van der Waals surface area contributed by atoms with Crippen LogP contribution in [0.1, 0.15) is 38.3 Å². The van der Waals surface area contributed by atoms with Gasteiger partial charge in [0.15, 0.2) is 0 Å². The first-order valence-corrected chi connectivity index (χ1v) is 6.31. The Kier molecular flexibility index (Phi) is 3.49. The van der Waals surface area contributed by atoms with E-state index < -0.39 is 0 Å². The fraction of sp³-hybridized carbons (Fsp3) is 0.571. The second kappa shape index (κ2) is 4.88. The molecular formula is C14H22N2. The molecule has 2 rings (SSSR count). The standard InChI is InChI=1S/C14H22N2/c1-3-13(15)12-6-4-5-7-14(12)16-9-8-11(2)10-16/h4-7,11,13H,3,8-10,15H2,1-2H3/t11?,13-/m0/s1. The molecule has 0 spiro atoms. The van der Waals surface area contributed by atoms with Gasteiger partial charge in [-0.1, -0.05) is 32.0 Å². The average molecular weight is 218 g/mol. The quantitative estimate of drug-likeness (QED) is 0.845. The van der Waals surface area contributed by atoms with Crippen molar-refractivity contribution in [3.8, 4) is 0 Å². The van der Waals surface area contributed by atoms with Crippen LogP contribution in [-0.2, 0) is 0 Å². The van der Waals surface area contributed by atoms with Crippen molar-refractivity contribution in [2.75, 3.05) is 18.0 Å². The highest BCUT2D eigenvalue weighted by atomic mass is 15.2. The van der Waals surface area contributed by atoms with Gasteiger partial charge in [-0.15, -0.1) is 0 Å². The van der Waals surface area contributed by atoms with Gasteiger partial charge >= 0.3 is 0 Å². The zero-order chi connectivity index (χ0) is 11.5. The Hall–Kier alpha value is -1.02. The van der Waals surface area contributed by atoms with Crippen LogP contribution in [0.2, 0.25) is 0 Å². The van der Waals surface area contributed by atoms with E-state index >= 15 is 0 Å². The van der Waals surface area contributed by atoms with E-state index in [1.807, 2.05) is 0 Å². The van der Waals surface area contributed by atoms with Crippen molar-refractivity contribution in [1.82, 2.24) is 0 Å². The van der Waals surface area contributed by atoms with Crippen molar-refractivity contribution in [3.05, 3.63) is 29.8 Å². The van der Waals surface area contributed by atoms with Crippen molar-refractivity contribution in [1.29, 1.82) is 0 Å². The minimum absolute atomic E-state index is 0.173. The molecule has 1 aromatic carbocycles. The Labute approximate surface area is 98.4 Å². The van der Waals surface area contributed by atoms with Gasteiger partial charge in [-0.05, 0) is 30.4 Å². The molecule has 0 saturated carbocycles. The molecule has 88 valence electrons. The number of anilines is 1. The number of hydrogen-bond donors (Lipinski definition) is 1. The summed E-state index contributed by atoms with van der Waals surface area (Å²) in [5, 5.41) is 0. The zero-order valence-corrected chi connectivity index (χ0v) is 10.3. The third-order valence-corrected chi connectivity index (χ3v) is 3.54. The Balaban J connectivity index is 2.26. The van der Waals surface area contributed by atoms with Crippen LogP contribution in [0.15, 0.2) is 24.3 Å². The maximum atomic E-state index is 6.17. The first kappa shape index (κ1) is 11.5. The Morgan fingerprint density at radius 1 is 1.44 bits per heavy atom. The van der Waals surface area contributed by atoms with E-state index in [0.29, 0.717) is 0 Å². The average Bonchev–Trinajstić information content (AvgIpc) is 2.75. The summed E-state index contributed by atoms with van der Waals surface area (Å²) in [7, 11) is 0. The van der Waals surface area contributed by atoms with E-state index in [2.05, 4.69) is 43.0 Å². The molecule has 1 aliphatic rings. The van der Waals surface area contributed by atoms with Crippen molar-refractivity contribution in [2.24, 2.45) is 11.7 Å². The summed E-state index contributed by atoms with van der Waals surface area (Å²) in [6.07, 6.45) is 2.30. The van der Waals surface area contributed by atoms with Gasteiger partial charge in [-0.25, -0.2) is 0 Å². The Bertz CT molecular complexity index is 348. The van der Waals surface area contributed by atoms with Crippen molar-refractivity contribution < 1.29 is 0 Å². The van der Waals surface area contributed by atoms with E-state index in [1.165, 1.54) is 30.8 Å². The number of hydrogen-bond acceptors (Lipinski definition) is 2. The SMILES string of the molecule is CC[C@H](N)c1ccccc1N1CCC(C)C1. The number of nitrogens with zero attached hydrogens (tertiary/aromatic N) is 1. The summed E-state index contributed by atoms with van der Waals surface area (Å²) in [5.74, 6) is 0.811. The summed E-state index contributed by atoms with van der Waals surface area (Å²) in [5.41, 5.74) is 8.82. The molecule has 16 heavy (non-hydrogen) atoms. The van der Waals surface area contributed by atoms with Gasteiger partial charge in [0.05, 0.1) is 0 Å². The maximum absolute atomic E-state index is 6.17. The normalized spacial score (nSPS) is 22.4. The maximum Gasteiger partial charge on any atom is 0.0414 e. The van der Waals surface area contributed by atoms with Crippen molar-refractivity contribution in [2.45, 2.75) is 32.7 Å². The molecular weight excluding hydrogens is 196 g/mol. The summed E-state index contributed by atoms with van der Waals surface area (Å²) in [6.45, 7) is 6.82. The first-order chi connectivity index (χ1) is 7.72. The minimum Gasteiger partial charge on any atom is -0.371 e. The van der Waals surface area contributed by atoms with Gasteiger partial charge < -0.3 is 10.6 Å². The summed E-state index contributed by atoms with van der Waals surface area (Å²) in [6, 6.07) is 8.76. The smallest absolute Gasteiger partial charge is 0.0414 e. The van der Waals surface area contributed by atoms with E-state index in [1.54, 1.807) is 0 Å². The van der Waals surface area contributed by atoms with Gasteiger partial charge in [0.2, 0.25) is 0 Å². The fourth-order valence-corrected chi connectivity index (χ4v) is 2.46. The lowest BCUT2D eigenvalue weighted by molar-refractivity contribution is 0.657. The monoisotopic (exact) mass is 218 g/mol. The number of rotatable bonds is 3.